The quantitative estimate of drug-likeness (QED) is 0.721. The van der Waals surface area contributed by atoms with Crippen LogP contribution < -0.4 is 0 Å². The molecule has 0 spiro atoms. The fraction of sp³-hybridized carbons (Fsp3) is 0.417. The second kappa shape index (κ2) is 3.28. The number of ether oxygens (including phenoxy) is 1. The van der Waals surface area contributed by atoms with E-state index in [2.05, 4.69) is 0 Å². The molecule has 3 nitrogen and oxygen atoms in total. The standard InChI is InChI=1S/C12H12FNO2/c13-10-3-1-9(2-4-10)12-6-5-11(15)14(12)7-8-16-12/h1-4H,5-8H2. The molecule has 2 aliphatic heterocycles. The molecular weight excluding hydrogens is 209 g/mol. The largest absolute Gasteiger partial charge is 0.349 e. The lowest BCUT2D eigenvalue weighted by Gasteiger charge is -2.30. The molecule has 3 rings (SSSR count). The first-order valence-electron chi connectivity index (χ1n) is 5.43. The minimum atomic E-state index is -0.620. The maximum absolute atomic E-state index is 12.9. The summed E-state index contributed by atoms with van der Waals surface area (Å²) in [6.45, 7) is 1.19. The van der Waals surface area contributed by atoms with Crippen LogP contribution in [0.5, 0.6) is 0 Å². The summed E-state index contributed by atoms with van der Waals surface area (Å²) in [5, 5.41) is 0. The Morgan fingerprint density at radius 3 is 2.81 bits per heavy atom. The Balaban J connectivity index is 2.04. The summed E-state index contributed by atoms with van der Waals surface area (Å²) in [4.78, 5) is 13.4. The smallest absolute Gasteiger partial charge is 0.225 e. The SMILES string of the molecule is O=C1CCC2(c3ccc(F)cc3)OCCN12. The lowest BCUT2D eigenvalue weighted by atomic mass is 10.0. The highest BCUT2D eigenvalue weighted by molar-refractivity contribution is 5.80. The number of carbonyl (C=O) groups is 1. The van der Waals surface area contributed by atoms with Crippen molar-refractivity contribution in [2.75, 3.05) is 13.2 Å². The first-order chi connectivity index (χ1) is 7.72. The third-order valence-corrected chi connectivity index (χ3v) is 3.37. The summed E-state index contributed by atoms with van der Waals surface area (Å²) in [5.74, 6) is -0.143. The molecule has 2 fully saturated rings. The lowest BCUT2D eigenvalue weighted by molar-refractivity contribution is -0.137. The van der Waals surface area contributed by atoms with Crippen molar-refractivity contribution in [3.8, 4) is 0 Å². The van der Waals surface area contributed by atoms with Crippen LogP contribution in [0, 0.1) is 5.82 Å². The van der Waals surface area contributed by atoms with Gasteiger partial charge in [-0.25, -0.2) is 4.39 Å². The van der Waals surface area contributed by atoms with Gasteiger partial charge in [0, 0.05) is 24.9 Å². The van der Waals surface area contributed by atoms with E-state index in [9.17, 15) is 9.18 Å². The van der Waals surface area contributed by atoms with Crippen LogP contribution in [0.15, 0.2) is 24.3 Å². The van der Waals surface area contributed by atoms with Crippen LogP contribution in [-0.4, -0.2) is 24.0 Å². The van der Waals surface area contributed by atoms with Crippen molar-refractivity contribution >= 4 is 5.91 Å². The molecule has 2 saturated heterocycles. The monoisotopic (exact) mass is 221 g/mol. The Labute approximate surface area is 92.8 Å². The zero-order chi connectivity index (χ0) is 11.2. The second-order valence-corrected chi connectivity index (χ2v) is 4.19. The number of rotatable bonds is 1. The molecule has 0 aromatic heterocycles. The number of carbonyl (C=O) groups excluding carboxylic acids is 1. The van der Waals surface area contributed by atoms with Gasteiger partial charge in [0.25, 0.3) is 0 Å². The number of nitrogens with zero attached hydrogens (tertiary/aromatic N) is 1. The van der Waals surface area contributed by atoms with E-state index in [-0.39, 0.29) is 11.7 Å². The summed E-state index contributed by atoms with van der Waals surface area (Å²) < 4.78 is 18.6. The van der Waals surface area contributed by atoms with Gasteiger partial charge in [-0.05, 0) is 12.1 Å². The van der Waals surface area contributed by atoms with Crippen LogP contribution in [0.2, 0.25) is 0 Å². The van der Waals surface area contributed by atoms with Crippen LogP contribution in [0.4, 0.5) is 4.39 Å². The Bertz CT molecular complexity index is 431. The first kappa shape index (κ1) is 9.78. The van der Waals surface area contributed by atoms with E-state index < -0.39 is 5.72 Å². The number of amides is 1. The molecule has 1 amide bonds. The van der Waals surface area contributed by atoms with Crippen LogP contribution in [0.3, 0.4) is 0 Å². The zero-order valence-electron chi connectivity index (χ0n) is 8.78. The number of hydrogen-bond acceptors (Lipinski definition) is 2. The minimum absolute atomic E-state index is 0.127. The third kappa shape index (κ3) is 1.19. The van der Waals surface area contributed by atoms with Crippen LogP contribution in [0.1, 0.15) is 18.4 Å². The molecular formula is C12H12FNO2. The van der Waals surface area contributed by atoms with Crippen molar-refractivity contribution in [2.45, 2.75) is 18.6 Å². The fourth-order valence-electron chi connectivity index (χ4n) is 2.60. The van der Waals surface area contributed by atoms with Crippen molar-refractivity contribution in [1.82, 2.24) is 4.90 Å². The first-order valence-corrected chi connectivity index (χ1v) is 5.43. The van der Waals surface area contributed by atoms with Gasteiger partial charge in [0.15, 0.2) is 5.72 Å². The predicted octanol–water partition coefficient (Wildman–Crippen LogP) is 1.63. The van der Waals surface area contributed by atoms with Gasteiger partial charge in [0.1, 0.15) is 5.82 Å². The van der Waals surface area contributed by atoms with Gasteiger partial charge in [-0.3, -0.25) is 4.79 Å². The van der Waals surface area contributed by atoms with E-state index in [1.807, 2.05) is 0 Å². The van der Waals surface area contributed by atoms with E-state index in [4.69, 9.17) is 4.74 Å². The van der Waals surface area contributed by atoms with Crippen molar-refractivity contribution in [1.29, 1.82) is 0 Å². The van der Waals surface area contributed by atoms with E-state index in [0.717, 1.165) is 5.56 Å². The van der Waals surface area contributed by atoms with E-state index >= 15 is 0 Å². The molecule has 1 atom stereocenters. The number of benzene rings is 1. The highest BCUT2D eigenvalue weighted by atomic mass is 19.1. The molecule has 0 radical (unpaired) electrons. The van der Waals surface area contributed by atoms with Gasteiger partial charge in [0.05, 0.1) is 6.61 Å². The van der Waals surface area contributed by atoms with Gasteiger partial charge in [-0.1, -0.05) is 12.1 Å². The van der Waals surface area contributed by atoms with Gasteiger partial charge < -0.3 is 9.64 Å². The number of hydrogen-bond donors (Lipinski definition) is 0. The van der Waals surface area contributed by atoms with E-state index in [1.54, 1.807) is 17.0 Å². The normalized spacial score (nSPS) is 28.6. The van der Waals surface area contributed by atoms with Crippen LogP contribution in [0.25, 0.3) is 0 Å². The maximum Gasteiger partial charge on any atom is 0.225 e. The highest BCUT2D eigenvalue weighted by Crippen LogP contribution is 2.43. The average Bonchev–Trinajstić information content (AvgIpc) is 2.82. The molecule has 2 heterocycles. The van der Waals surface area contributed by atoms with E-state index in [1.165, 1.54) is 12.1 Å². The van der Waals surface area contributed by atoms with Crippen molar-refractivity contribution in [3.05, 3.63) is 35.6 Å². The predicted molar refractivity (Wildman–Crippen MR) is 55.0 cm³/mol. The van der Waals surface area contributed by atoms with Gasteiger partial charge in [-0.2, -0.15) is 0 Å². The summed E-state index contributed by atoms with van der Waals surface area (Å²) in [6.07, 6.45) is 1.18. The average molecular weight is 221 g/mol. The molecule has 2 aliphatic rings. The van der Waals surface area contributed by atoms with Gasteiger partial charge in [0.2, 0.25) is 5.91 Å². The summed E-state index contributed by atoms with van der Waals surface area (Å²) in [7, 11) is 0. The molecule has 16 heavy (non-hydrogen) atoms. The Morgan fingerprint density at radius 1 is 1.31 bits per heavy atom. The molecule has 1 aromatic carbocycles. The van der Waals surface area contributed by atoms with E-state index in [0.29, 0.717) is 26.0 Å². The van der Waals surface area contributed by atoms with Crippen LogP contribution in [-0.2, 0) is 15.3 Å². The van der Waals surface area contributed by atoms with Gasteiger partial charge >= 0.3 is 0 Å². The Hall–Kier alpha value is -1.42. The Kier molecular flexibility index (Phi) is 2.01. The Morgan fingerprint density at radius 2 is 2.06 bits per heavy atom. The van der Waals surface area contributed by atoms with Crippen molar-refractivity contribution < 1.29 is 13.9 Å². The zero-order valence-corrected chi connectivity index (χ0v) is 8.78. The maximum atomic E-state index is 12.9. The number of fused-ring (bicyclic) bond motifs is 1. The summed E-state index contributed by atoms with van der Waals surface area (Å²) in [5.41, 5.74) is 0.252. The molecule has 1 aromatic rings. The summed E-state index contributed by atoms with van der Waals surface area (Å²) in [6, 6.07) is 6.22. The minimum Gasteiger partial charge on any atom is -0.349 e. The molecule has 0 bridgehead atoms. The van der Waals surface area contributed by atoms with Crippen LogP contribution >= 0.6 is 0 Å². The summed E-state index contributed by atoms with van der Waals surface area (Å²) >= 11 is 0. The molecule has 84 valence electrons. The van der Waals surface area contributed by atoms with Gasteiger partial charge in [-0.15, -0.1) is 0 Å². The lowest BCUT2D eigenvalue weighted by Crippen LogP contribution is -2.38. The second-order valence-electron chi connectivity index (χ2n) is 4.19. The van der Waals surface area contributed by atoms with Crippen molar-refractivity contribution in [2.24, 2.45) is 0 Å². The molecule has 0 N–H and O–H groups in total. The third-order valence-electron chi connectivity index (χ3n) is 3.37. The molecule has 0 saturated carbocycles. The number of halogens is 1. The highest BCUT2D eigenvalue weighted by Gasteiger charge is 2.50. The van der Waals surface area contributed by atoms with Crippen molar-refractivity contribution in [3.63, 3.8) is 0 Å². The molecule has 4 heteroatoms. The topological polar surface area (TPSA) is 29.5 Å². The fourth-order valence-corrected chi connectivity index (χ4v) is 2.60. The molecule has 0 aliphatic carbocycles. The molecule has 1 unspecified atom stereocenters.